The number of nitrogens with two attached hydrogens (primary N) is 1. The van der Waals surface area contributed by atoms with Gasteiger partial charge >= 0.3 is 6.61 Å². The van der Waals surface area contributed by atoms with Crippen LogP contribution in [0, 0.1) is 5.95 Å². The van der Waals surface area contributed by atoms with Gasteiger partial charge in [-0.05, 0) is 53.1 Å². The number of nitrogens with one attached hydrogen (secondary N) is 1. The lowest BCUT2D eigenvalue weighted by molar-refractivity contribution is -0.0498. The summed E-state index contributed by atoms with van der Waals surface area (Å²) in [6.45, 7) is -2.41. The molecule has 0 saturated heterocycles. The Morgan fingerprint density at radius 1 is 1.03 bits per heavy atom. The molecule has 4 rings (SSSR count). The van der Waals surface area contributed by atoms with Crippen LogP contribution in [-0.4, -0.2) is 18.1 Å². The lowest BCUT2D eigenvalue weighted by Gasteiger charge is -2.28. The van der Waals surface area contributed by atoms with Crippen molar-refractivity contribution >= 4 is 0 Å². The molecule has 0 amide bonds. The molecule has 2 aromatic carbocycles. The molecular weight excluding hydrogens is 379 g/mol. The minimum absolute atomic E-state index is 0.0768. The molecule has 7 heteroatoms. The van der Waals surface area contributed by atoms with Crippen molar-refractivity contribution in [3.8, 4) is 16.9 Å². The second kappa shape index (κ2) is 7.50. The fraction of sp³-hybridized carbons (Fsp3) is 0.136. The molecule has 0 radical (unpaired) electrons. The molecule has 1 aliphatic heterocycles. The maximum absolute atomic E-state index is 14.2. The molecule has 148 valence electrons. The highest BCUT2D eigenvalue weighted by molar-refractivity contribution is 5.65. The molecule has 3 N–H and O–H groups in total. The maximum Gasteiger partial charge on any atom is 0.387 e. The normalized spacial score (nSPS) is 18.4. The Hall–Kier alpha value is -3.48. The van der Waals surface area contributed by atoms with Crippen LogP contribution in [0.25, 0.3) is 11.1 Å². The number of pyridine rings is 1. The summed E-state index contributed by atoms with van der Waals surface area (Å²) in [4.78, 5) is 3.72. The van der Waals surface area contributed by atoms with E-state index in [1.165, 1.54) is 18.3 Å². The van der Waals surface area contributed by atoms with E-state index in [0.717, 1.165) is 11.1 Å². The van der Waals surface area contributed by atoms with Gasteiger partial charge in [0.2, 0.25) is 5.95 Å². The summed E-state index contributed by atoms with van der Waals surface area (Å²) in [7, 11) is 0. The molecule has 0 saturated carbocycles. The predicted octanol–water partition coefficient (Wildman–Crippen LogP) is 4.18. The second-order valence-corrected chi connectivity index (χ2v) is 6.75. The zero-order valence-corrected chi connectivity index (χ0v) is 15.3. The Morgan fingerprint density at radius 3 is 2.48 bits per heavy atom. The summed E-state index contributed by atoms with van der Waals surface area (Å²) in [6.07, 6.45) is 3.28. The lowest BCUT2D eigenvalue weighted by Crippen LogP contribution is -2.31. The molecule has 0 spiro atoms. The smallest absolute Gasteiger partial charge is 0.387 e. The van der Waals surface area contributed by atoms with Crippen molar-refractivity contribution in [2.45, 2.75) is 12.0 Å². The Labute approximate surface area is 165 Å². The summed E-state index contributed by atoms with van der Waals surface area (Å²) >= 11 is 0. The van der Waals surface area contributed by atoms with Crippen molar-refractivity contribution in [3.63, 3.8) is 0 Å². The van der Waals surface area contributed by atoms with Crippen molar-refractivity contribution in [1.82, 2.24) is 10.3 Å². The quantitative estimate of drug-likeness (QED) is 0.634. The summed E-state index contributed by atoms with van der Waals surface area (Å²) in [5, 5.41) is 3.13. The first-order chi connectivity index (χ1) is 14.0. The Morgan fingerprint density at radius 2 is 1.83 bits per heavy atom. The van der Waals surface area contributed by atoms with E-state index in [2.05, 4.69) is 15.0 Å². The SMILES string of the molecule is NC1=CC(c2ccc(OC(F)F)cc2)(c2cccc(-c3cccnc3F)c2)CN1. The van der Waals surface area contributed by atoms with Gasteiger partial charge in [0.05, 0.1) is 11.2 Å². The second-order valence-electron chi connectivity index (χ2n) is 6.75. The standard InChI is InChI=1S/C22H18F3N3O/c23-20-18(5-2-10-27-20)14-3-1-4-16(11-14)22(12-19(26)28-13-22)15-6-8-17(9-7-15)29-21(24)25/h1-12,21,28H,13,26H2. The molecule has 1 atom stereocenters. The van der Waals surface area contributed by atoms with Crippen molar-refractivity contribution in [2.75, 3.05) is 6.54 Å². The fourth-order valence-corrected chi connectivity index (χ4v) is 3.65. The van der Waals surface area contributed by atoms with Crippen molar-refractivity contribution in [3.05, 3.63) is 95.8 Å². The number of nitrogens with zero attached hydrogens (tertiary/aromatic N) is 1. The van der Waals surface area contributed by atoms with Crippen molar-refractivity contribution in [1.29, 1.82) is 0 Å². The van der Waals surface area contributed by atoms with E-state index >= 15 is 0 Å². The molecule has 29 heavy (non-hydrogen) atoms. The number of rotatable bonds is 5. The number of hydrogen-bond acceptors (Lipinski definition) is 4. The molecule has 2 heterocycles. The van der Waals surface area contributed by atoms with E-state index in [0.29, 0.717) is 23.5 Å². The first-order valence-corrected chi connectivity index (χ1v) is 8.97. The average Bonchev–Trinajstić information content (AvgIpc) is 3.11. The van der Waals surface area contributed by atoms with Gasteiger partial charge in [0.15, 0.2) is 0 Å². The zero-order valence-electron chi connectivity index (χ0n) is 15.3. The van der Waals surface area contributed by atoms with E-state index < -0.39 is 18.0 Å². The van der Waals surface area contributed by atoms with E-state index in [1.54, 1.807) is 24.3 Å². The Bertz CT molecular complexity index is 1050. The van der Waals surface area contributed by atoms with E-state index in [4.69, 9.17) is 5.73 Å². The summed E-state index contributed by atoms with van der Waals surface area (Å²) in [5.74, 6) is 0.0376. The third kappa shape index (κ3) is 3.63. The average molecular weight is 397 g/mol. The molecule has 1 aromatic heterocycles. The van der Waals surface area contributed by atoms with Crippen LogP contribution < -0.4 is 15.8 Å². The molecular formula is C22H18F3N3O. The van der Waals surface area contributed by atoms with Crippen LogP contribution in [0.1, 0.15) is 11.1 Å². The van der Waals surface area contributed by atoms with Gasteiger partial charge < -0.3 is 15.8 Å². The first kappa shape index (κ1) is 18.9. The third-order valence-electron chi connectivity index (χ3n) is 5.02. The highest BCUT2D eigenvalue weighted by atomic mass is 19.3. The number of benzene rings is 2. The van der Waals surface area contributed by atoms with Crippen molar-refractivity contribution < 1.29 is 17.9 Å². The minimum atomic E-state index is -2.88. The third-order valence-corrected chi connectivity index (χ3v) is 5.02. The van der Waals surface area contributed by atoms with Crippen LogP contribution in [0.3, 0.4) is 0 Å². The van der Waals surface area contributed by atoms with Gasteiger partial charge in [-0.1, -0.05) is 30.3 Å². The number of ether oxygens (including phenoxy) is 1. The molecule has 4 nitrogen and oxygen atoms in total. The lowest BCUT2D eigenvalue weighted by atomic mass is 9.75. The number of aromatic nitrogens is 1. The van der Waals surface area contributed by atoms with Gasteiger partial charge in [0.1, 0.15) is 5.75 Å². The summed E-state index contributed by atoms with van der Waals surface area (Å²) in [5.41, 5.74) is 8.18. The largest absolute Gasteiger partial charge is 0.435 e. The monoisotopic (exact) mass is 397 g/mol. The van der Waals surface area contributed by atoms with Crippen LogP contribution in [0.2, 0.25) is 0 Å². The van der Waals surface area contributed by atoms with Crippen LogP contribution in [0.15, 0.2) is 78.8 Å². The van der Waals surface area contributed by atoms with Crippen LogP contribution in [0.4, 0.5) is 13.2 Å². The topological polar surface area (TPSA) is 60.2 Å². The minimum Gasteiger partial charge on any atom is -0.435 e. The zero-order chi connectivity index (χ0) is 20.4. The molecule has 1 unspecified atom stereocenters. The molecule has 0 bridgehead atoms. The molecule has 3 aromatic rings. The fourth-order valence-electron chi connectivity index (χ4n) is 3.65. The summed E-state index contributed by atoms with van der Waals surface area (Å²) in [6, 6.07) is 17.3. The molecule has 1 aliphatic rings. The summed E-state index contributed by atoms with van der Waals surface area (Å²) < 4.78 is 43.5. The number of alkyl halides is 2. The van der Waals surface area contributed by atoms with Gasteiger partial charge in [-0.15, -0.1) is 0 Å². The Balaban J connectivity index is 1.79. The Kier molecular flexibility index (Phi) is 4.88. The van der Waals surface area contributed by atoms with Crippen LogP contribution in [-0.2, 0) is 5.41 Å². The van der Waals surface area contributed by atoms with Gasteiger partial charge in [-0.2, -0.15) is 13.2 Å². The van der Waals surface area contributed by atoms with E-state index in [1.807, 2.05) is 30.3 Å². The van der Waals surface area contributed by atoms with Gasteiger partial charge in [0, 0.05) is 18.3 Å². The highest BCUT2D eigenvalue weighted by Crippen LogP contribution is 2.39. The van der Waals surface area contributed by atoms with E-state index in [9.17, 15) is 13.2 Å². The maximum atomic E-state index is 14.2. The van der Waals surface area contributed by atoms with Crippen LogP contribution >= 0.6 is 0 Å². The van der Waals surface area contributed by atoms with Crippen molar-refractivity contribution in [2.24, 2.45) is 5.73 Å². The number of hydrogen-bond donors (Lipinski definition) is 2. The molecule has 0 aliphatic carbocycles. The van der Waals surface area contributed by atoms with Gasteiger partial charge in [-0.3, -0.25) is 0 Å². The molecule has 0 fully saturated rings. The van der Waals surface area contributed by atoms with Crippen LogP contribution in [0.5, 0.6) is 5.75 Å². The first-order valence-electron chi connectivity index (χ1n) is 8.97. The predicted molar refractivity (Wildman–Crippen MR) is 104 cm³/mol. The van der Waals surface area contributed by atoms with E-state index in [-0.39, 0.29) is 5.75 Å². The van der Waals surface area contributed by atoms with Gasteiger partial charge in [0.25, 0.3) is 0 Å². The van der Waals surface area contributed by atoms with Gasteiger partial charge in [-0.25, -0.2) is 4.98 Å². The number of halogens is 3. The highest BCUT2D eigenvalue weighted by Gasteiger charge is 2.36.